The number of rotatable bonds is 8. The summed E-state index contributed by atoms with van der Waals surface area (Å²) in [4.78, 5) is 27.0. The first-order valence-corrected chi connectivity index (χ1v) is 12.2. The van der Waals surface area contributed by atoms with Gasteiger partial charge in [-0.25, -0.2) is 4.79 Å². The molecule has 1 aliphatic heterocycles. The lowest BCUT2D eigenvalue weighted by atomic mass is 9.71. The lowest BCUT2D eigenvalue weighted by Gasteiger charge is -2.37. The van der Waals surface area contributed by atoms with Crippen molar-refractivity contribution in [1.82, 2.24) is 5.32 Å². The smallest absolute Gasteiger partial charge is 0.336 e. The second-order valence-electron chi connectivity index (χ2n) is 9.01. The van der Waals surface area contributed by atoms with E-state index in [9.17, 15) is 9.59 Å². The van der Waals surface area contributed by atoms with Crippen LogP contribution < -0.4 is 19.5 Å². The summed E-state index contributed by atoms with van der Waals surface area (Å²) in [7, 11) is 4.79. The Hall–Kier alpha value is -3.74. The molecule has 2 aliphatic rings. The molecule has 1 N–H and O–H groups in total. The number of methoxy groups -OCH3 is 3. The Bertz CT molecular complexity index is 1230. The van der Waals surface area contributed by atoms with Crippen LogP contribution in [0.3, 0.4) is 0 Å². The van der Waals surface area contributed by atoms with Crippen molar-refractivity contribution in [2.45, 2.75) is 44.9 Å². The maximum absolute atomic E-state index is 13.8. The molecule has 7 heteroatoms. The number of ether oxygens (including phenoxy) is 4. The van der Waals surface area contributed by atoms with Crippen molar-refractivity contribution in [2.75, 3.05) is 27.9 Å². The van der Waals surface area contributed by atoms with Gasteiger partial charge in [-0.3, -0.25) is 4.79 Å². The van der Waals surface area contributed by atoms with Crippen molar-refractivity contribution >= 4 is 11.8 Å². The van der Waals surface area contributed by atoms with Crippen molar-refractivity contribution < 1.29 is 28.5 Å². The molecule has 0 spiro atoms. The minimum atomic E-state index is -0.569. The van der Waals surface area contributed by atoms with Crippen molar-refractivity contribution in [1.29, 1.82) is 0 Å². The monoisotopic (exact) mass is 491 g/mol. The first kappa shape index (κ1) is 25.4. The number of Topliss-reactive ketones (excluding diaryl/α,β-unsaturated/α-hetero) is 1. The molecule has 0 saturated carbocycles. The fourth-order valence-electron chi connectivity index (χ4n) is 5.14. The average molecular weight is 492 g/mol. The van der Waals surface area contributed by atoms with Crippen molar-refractivity contribution in [3.8, 4) is 17.2 Å². The summed E-state index contributed by atoms with van der Waals surface area (Å²) in [5.41, 5.74) is 4.33. The van der Waals surface area contributed by atoms with Gasteiger partial charge in [-0.1, -0.05) is 31.2 Å². The van der Waals surface area contributed by atoms with E-state index in [1.54, 1.807) is 21.3 Å². The molecule has 0 amide bonds. The largest absolute Gasteiger partial charge is 0.496 e. The van der Waals surface area contributed by atoms with Crippen LogP contribution in [0, 0.1) is 0 Å². The molecule has 36 heavy (non-hydrogen) atoms. The van der Waals surface area contributed by atoms with Crippen molar-refractivity contribution in [3.05, 3.63) is 76.1 Å². The van der Waals surface area contributed by atoms with E-state index in [-0.39, 0.29) is 11.7 Å². The molecule has 2 aromatic carbocycles. The van der Waals surface area contributed by atoms with E-state index in [0.717, 1.165) is 16.8 Å². The molecular weight excluding hydrogens is 458 g/mol. The number of nitrogens with one attached hydrogen (secondary N) is 1. The number of dihydropyridines is 1. The number of hydrogen-bond acceptors (Lipinski definition) is 7. The van der Waals surface area contributed by atoms with Crippen LogP contribution in [0.1, 0.15) is 56.1 Å². The molecule has 7 nitrogen and oxygen atoms in total. The summed E-state index contributed by atoms with van der Waals surface area (Å²) in [5, 5.41) is 3.39. The Kier molecular flexibility index (Phi) is 7.67. The van der Waals surface area contributed by atoms with Crippen LogP contribution in [0.2, 0.25) is 0 Å². The molecule has 0 aromatic heterocycles. The number of carbonyl (C=O) groups is 2. The lowest BCUT2D eigenvalue weighted by Crippen LogP contribution is -2.36. The van der Waals surface area contributed by atoms with E-state index in [0.29, 0.717) is 60.0 Å². The molecule has 190 valence electrons. The van der Waals surface area contributed by atoms with E-state index in [1.165, 1.54) is 0 Å². The van der Waals surface area contributed by atoms with Gasteiger partial charge < -0.3 is 24.3 Å². The summed E-state index contributed by atoms with van der Waals surface area (Å²) >= 11 is 0. The second kappa shape index (κ2) is 10.9. The first-order chi connectivity index (χ1) is 17.4. The van der Waals surface area contributed by atoms with Gasteiger partial charge in [0.15, 0.2) is 17.3 Å². The first-order valence-electron chi connectivity index (χ1n) is 12.2. The summed E-state index contributed by atoms with van der Waals surface area (Å²) in [6, 6.07) is 13.3. The van der Waals surface area contributed by atoms with Crippen LogP contribution in [0.15, 0.2) is 65.0 Å². The van der Waals surface area contributed by atoms with E-state index in [2.05, 4.69) is 5.32 Å². The van der Waals surface area contributed by atoms with Gasteiger partial charge in [-0.05, 0) is 49.4 Å². The van der Waals surface area contributed by atoms with Gasteiger partial charge >= 0.3 is 5.97 Å². The third-order valence-electron chi connectivity index (χ3n) is 6.81. The van der Waals surface area contributed by atoms with E-state index >= 15 is 0 Å². The van der Waals surface area contributed by atoms with Gasteiger partial charge in [-0.15, -0.1) is 0 Å². The number of benzene rings is 2. The molecule has 0 bridgehead atoms. The number of esters is 1. The van der Waals surface area contributed by atoms with E-state index in [4.69, 9.17) is 18.9 Å². The molecule has 0 fully saturated rings. The zero-order valence-electron chi connectivity index (χ0n) is 21.5. The molecule has 2 unspecified atom stereocenters. The summed E-state index contributed by atoms with van der Waals surface area (Å²) in [6.45, 7) is 4.12. The minimum Gasteiger partial charge on any atom is -0.496 e. The molecule has 0 radical (unpaired) electrons. The maximum Gasteiger partial charge on any atom is 0.336 e. The molecule has 2 aromatic rings. The quantitative estimate of drug-likeness (QED) is 0.519. The fraction of sp³-hybridized carbons (Fsp3) is 0.379. The molecular formula is C29H33NO6. The van der Waals surface area contributed by atoms with Crippen LogP contribution in [0.25, 0.3) is 0 Å². The Labute approximate surface area is 212 Å². The molecule has 4 rings (SSSR count). The van der Waals surface area contributed by atoms with Crippen LogP contribution >= 0.6 is 0 Å². The van der Waals surface area contributed by atoms with E-state index in [1.807, 2.05) is 56.3 Å². The van der Waals surface area contributed by atoms with E-state index < -0.39 is 11.9 Å². The standard InChI is InChI=1S/C29H33NO6/c1-6-13-36-29(32)26-17(2)30-21-14-19(18-11-12-24(34-4)25(16-18)35-5)15-22(31)28(21)27(26)20-9-7-8-10-23(20)33-3/h7-12,16,19,27,30H,6,13-15H2,1-5H3. The van der Waals surface area contributed by atoms with Gasteiger partial charge in [0.2, 0.25) is 0 Å². The minimum absolute atomic E-state index is 0.00673. The highest BCUT2D eigenvalue weighted by atomic mass is 16.5. The van der Waals surface area contributed by atoms with Gasteiger partial charge in [0.25, 0.3) is 0 Å². The number of carbonyl (C=O) groups excluding carboxylic acids is 2. The zero-order chi connectivity index (χ0) is 25.8. The summed E-state index contributed by atoms with van der Waals surface area (Å²) < 4.78 is 22.0. The van der Waals surface area contributed by atoms with Gasteiger partial charge in [0.1, 0.15) is 5.75 Å². The third-order valence-corrected chi connectivity index (χ3v) is 6.81. The Morgan fingerprint density at radius 3 is 2.39 bits per heavy atom. The van der Waals surface area contributed by atoms with Crippen LogP contribution in [-0.4, -0.2) is 39.7 Å². The number of allylic oxidation sites excluding steroid dienone is 3. The van der Waals surface area contributed by atoms with Gasteiger partial charge in [0.05, 0.1) is 39.4 Å². The summed E-state index contributed by atoms with van der Waals surface area (Å²) in [5.74, 6) is 0.863. The maximum atomic E-state index is 13.8. The average Bonchev–Trinajstić information content (AvgIpc) is 2.90. The van der Waals surface area contributed by atoms with Gasteiger partial charge in [0, 0.05) is 29.0 Å². The summed E-state index contributed by atoms with van der Waals surface area (Å²) in [6.07, 6.45) is 1.65. The zero-order valence-corrected chi connectivity index (χ0v) is 21.5. The van der Waals surface area contributed by atoms with Crippen molar-refractivity contribution in [3.63, 3.8) is 0 Å². The van der Waals surface area contributed by atoms with Crippen LogP contribution in [0.5, 0.6) is 17.2 Å². The molecule has 1 heterocycles. The second-order valence-corrected chi connectivity index (χ2v) is 9.01. The Balaban J connectivity index is 1.79. The van der Waals surface area contributed by atoms with Crippen LogP contribution in [0.4, 0.5) is 0 Å². The topological polar surface area (TPSA) is 83.1 Å². The number of para-hydroxylation sites is 1. The van der Waals surface area contributed by atoms with Crippen molar-refractivity contribution in [2.24, 2.45) is 0 Å². The van der Waals surface area contributed by atoms with Crippen LogP contribution in [-0.2, 0) is 14.3 Å². The normalized spacial score (nSPS) is 19.4. The fourth-order valence-corrected chi connectivity index (χ4v) is 5.14. The predicted molar refractivity (Wildman–Crippen MR) is 136 cm³/mol. The predicted octanol–water partition coefficient (Wildman–Crippen LogP) is 5.03. The Morgan fingerprint density at radius 2 is 1.69 bits per heavy atom. The molecule has 1 aliphatic carbocycles. The Morgan fingerprint density at radius 1 is 0.972 bits per heavy atom. The highest BCUT2D eigenvalue weighted by molar-refractivity contribution is 6.04. The molecule has 0 saturated heterocycles. The highest BCUT2D eigenvalue weighted by Crippen LogP contribution is 2.48. The van der Waals surface area contributed by atoms with Gasteiger partial charge in [-0.2, -0.15) is 0 Å². The number of hydrogen-bond donors (Lipinski definition) is 1. The third kappa shape index (κ3) is 4.70. The lowest BCUT2D eigenvalue weighted by molar-refractivity contribution is -0.139. The highest BCUT2D eigenvalue weighted by Gasteiger charge is 2.42. The SMILES string of the molecule is CCCOC(=O)C1=C(C)NC2=C(C(=O)CC(c3ccc(OC)c(OC)c3)C2)C1c1ccccc1OC. The number of ketones is 1. The molecule has 2 atom stereocenters.